The number of morpholine rings is 1. The molecule has 1 atom stereocenters. The van der Waals surface area contributed by atoms with Crippen LogP contribution in [0, 0.1) is 5.82 Å². The number of amides is 1. The summed E-state index contributed by atoms with van der Waals surface area (Å²) in [5.74, 6) is -2.24. The molecule has 2 saturated heterocycles. The van der Waals surface area contributed by atoms with Gasteiger partial charge in [-0.05, 0) is 36.4 Å². The van der Waals surface area contributed by atoms with Crippen molar-refractivity contribution in [2.24, 2.45) is 0 Å². The molecule has 2 fully saturated rings. The van der Waals surface area contributed by atoms with Crippen LogP contribution in [-0.2, 0) is 14.3 Å². The van der Waals surface area contributed by atoms with E-state index >= 15 is 0 Å². The van der Waals surface area contributed by atoms with Crippen molar-refractivity contribution < 1.29 is 23.8 Å². The Morgan fingerprint density at radius 1 is 1.10 bits per heavy atom. The molecule has 2 aliphatic heterocycles. The SMILES string of the molecule is O=C1C(=O)N(CCN2CCOCC2)C(c2ccccn2)/C1=C(\O)c1ccc(F)cc1. The smallest absolute Gasteiger partial charge is 0.295 e. The lowest BCUT2D eigenvalue weighted by atomic mass is 9.98. The van der Waals surface area contributed by atoms with Gasteiger partial charge in [-0.2, -0.15) is 0 Å². The summed E-state index contributed by atoms with van der Waals surface area (Å²) in [5.41, 5.74) is 0.720. The second-order valence-electron chi connectivity index (χ2n) is 7.21. The molecule has 156 valence electrons. The third-order valence-electron chi connectivity index (χ3n) is 5.39. The van der Waals surface area contributed by atoms with E-state index in [4.69, 9.17) is 4.74 Å². The van der Waals surface area contributed by atoms with Crippen LogP contribution >= 0.6 is 0 Å². The van der Waals surface area contributed by atoms with Crippen molar-refractivity contribution >= 4 is 17.4 Å². The topological polar surface area (TPSA) is 83.0 Å². The van der Waals surface area contributed by atoms with E-state index in [1.807, 2.05) is 0 Å². The molecule has 2 aromatic rings. The van der Waals surface area contributed by atoms with Crippen molar-refractivity contribution in [2.45, 2.75) is 6.04 Å². The van der Waals surface area contributed by atoms with Gasteiger partial charge in [-0.15, -0.1) is 0 Å². The summed E-state index contributed by atoms with van der Waals surface area (Å²) in [6.45, 7) is 3.67. The Bertz CT molecular complexity index is 956. The third kappa shape index (κ3) is 3.96. The number of aromatic nitrogens is 1. The first kappa shape index (κ1) is 20.2. The highest BCUT2D eigenvalue weighted by Crippen LogP contribution is 2.38. The summed E-state index contributed by atoms with van der Waals surface area (Å²) in [7, 11) is 0. The normalized spacial score (nSPS) is 21.9. The zero-order valence-corrected chi connectivity index (χ0v) is 16.3. The molecule has 3 heterocycles. The van der Waals surface area contributed by atoms with Crippen molar-refractivity contribution in [3.63, 3.8) is 0 Å². The highest BCUT2D eigenvalue weighted by atomic mass is 19.1. The van der Waals surface area contributed by atoms with Crippen LogP contribution in [0.4, 0.5) is 4.39 Å². The minimum Gasteiger partial charge on any atom is -0.507 e. The van der Waals surface area contributed by atoms with Gasteiger partial charge >= 0.3 is 0 Å². The van der Waals surface area contributed by atoms with Crippen molar-refractivity contribution in [1.82, 2.24) is 14.8 Å². The van der Waals surface area contributed by atoms with Gasteiger partial charge in [0.25, 0.3) is 11.7 Å². The van der Waals surface area contributed by atoms with Crippen molar-refractivity contribution in [2.75, 3.05) is 39.4 Å². The second kappa shape index (κ2) is 8.73. The molecular weight excluding hydrogens is 389 g/mol. The van der Waals surface area contributed by atoms with Gasteiger partial charge in [0, 0.05) is 37.9 Å². The van der Waals surface area contributed by atoms with Crippen LogP contribution in [0.15, 0.2) is 54.2 Å². The summed E-state index contributed by atoms with van der Waals surface area (Å²) in [6.07, 6.45) is 1.58. The predicted octanol–water partition coefficient (Wildman–Crippen LogP) is 1.97. The van der Waals surface area contributed by atoms with Crippen molar-refractivity contribution in [3.05, 3.63) is 71.3 Å². The first-order valence-electron chi connectivity index (χ1n) is 9.81. The molecule has 1 aromatic heterocycles. The van der Waals surface area contributed by atoms with Gasteiger partial charge in [-0.1, -0.05) is 6.07 Å². The second-order valence-corrected chi connectivity index (χ2v) is 7.21. The average molecular weight is 411 g/mol. The Labute approximate surface area is 173 Å². The summed E-state index contributed by atoms with van der Waals surface area (Å²) >= 11 is 0. The standard InChI is InChI=1S/C22H22FN3O4/c23-16-6-4-15(5-7-16)20(27)18-19(17-3-1-2-8-24-17)26(22(29)21(18)28)10-9-25-11-13-30-14-12-25/h1-8,19,27H,9-14H2/b20-18+. The number of nitrogens with zero attached hydrogens (tertiary/aromatic N) is 3. The number of aliphatic hydroxyl groups is 1. The fourth-order valence-electron chi connectivity index (χ4n) is 3.79. The number of halogens is 1. The molecule has 4 rings (SSSR count). The molecular formula is C22H22FN3O4. The van der Waals surface area contributed by atoms with Gasteiger partial charge in [-0.25, -0.2) is 4.39 Å². The third-order valence-corrected chi connectivity index (χ3v) is 5.39. The molecule has 30 heavy (non-hydrogen) atoms. The number of pyridine rings is 1. The Hall–Kier alpha value is -3.10. The molecule has 1 amide bonds. The monoisotopic (exact) mass is 411 g/mol. The molecule has 1 N–H and O–H groups in total. The number of rotatable bonds is 5. The van der Waals surface area contributed by atoms with Gasteiger partial charge in [-0.3, -0.25) is 19.5 Å². The molecule has 0 bridgehead atoms. The van der Waals surface area contributed by atoms with E-state index < -0.39 is 23.5 Å². The van der Waals surface area contributed by atoms with Crippen molar-refractivity contribution in [1.29, 1.82) is 0 Å². The van der Waals surface area contributed by atoms with Gasteiger partial charge in [0.2, 0.25) is 0 Å². The highest BCUT2D eigenvalue weighted by molar-refractivity contribution is 6.46. The molecule has 7 nitrogen and oxygen atoms in total. The number of carbonyl (C=O) groups is 2. The minimum absolute atomic E-state index is 0.0349. The number of ether oxygens (including phenoxy) is 1. The summed E-state index contributed by atoms with van der Waals surface area (Å²) in [4.78, 5) is 33.7. The van der Waals surface area contributed by atoms with Crippen LogP contribution in [-0.4, -0.2) is 71.0 Å². The largest absolute Gasteiger partial charge is 0.507 e. The Morgan fingerprint density at radius 2 is 1.83 bits per heavy atom. The highest BCUT2D eigenvalue weighted by Gasteiger charge is 2.46. The van der Waals surface area contributed by atoms with E-state index in [9.17, 15) is 19.1 Å². The zero-order chi connectivity index (χ0) is 21.1. The van der Waals surface area contributed by atoms with Gasteiger partial charge < -0.3 is 14.7 Å². The van der Waals surface area contributed by atoms with Gasteiger partial charge in [0.05, 0.1) is 24.5 Å². The number of Topliss-reactive ketones (excluding diaryl/α,β-unsaturated/α-hetero) is 1. The van der Waals surface area contributed by atoms with Crippen LogP contribution in [0.1, 0.15) is 17.3 Å². The van der Waals surface area contributed by atoms with E-state index in [1.165, 1.54) is 29.2 Å². The van der Waals surface area contributed by atoms with Crippen LogP contribution in [0.3, 0.4) is 0 Å². The fourth-order valence-corrected chi connectivity index (χ4v) is 3.79. The lowest BCUT2D eigenvalue weighted by Gasteiger charge is -2.30. The Kier molecular flexibility index (Phi) is 5.87. The maximum absolute atomic E-state index is 13.3. The summed E-state index contributed by atoms with van der Waals surface area (Å²) in [5, 5.41) is 10.9. The maximum atomic E-state index is 13.3. The number of hydrogen-bond acceptors (Lipinski definition) is 6. The molecule has 1 unspecified atom stereocenters. The number of aliphatic hydroxyl groups excluding tert-OH is 1. The number of carbonyl (C=O) groups excluding carboxylic acids is 2. The first-order valence-corrected chi connectivity index (χ1v) is 9.81. The average Bonchev–Trinajstić information content (AvgIpc) is 3.04. The Morgan fingerprint density at radius 3 is 2.50 bits per heavy atom. The first-order chi connectivity index (χ1) is 14.6. The van der Waals surface area contributed by atoms with Crippen LogP contribution in [0.2, 0.25) is 0 Å². The van der Waals surface area contributed by atoms with Crippen LogP contribution in [0.5, 0.6) is 0 Å². The van der Waals surface area contributed by atoms with Gasteiger partial charge in [0.15, 0.2) is 0 Å². The number of likely N-dealkylation sites (tertiary alicyclic amines) is 1. The maximum Gasteiger partial charge on any atom is 0.295 e. The molecule has 8 heteroatoms. The zero-order valence-electron chi connectivity index (χ0n) is 16.3. The molecule has 0 aliphatic carbocycles. The van der Waals surface area contributed by atoms with E-state index in [0.717, 1.165) is 13.1 Å². The van der Waals surface area contributed by atoms with E-state index in [1.54, 1.807) is 24.4 Å². The number of hydrogen-bond donors (Lipinski definition) is 1. The quantitative estimate of drug-likeness (QED) is 0.460. The van der Waals surface area contributed by atoms with Crippen LogP contribution in [0.25, 0.3) is 5.76 Å². The summed E-state index contributed by atoms with van der Waals surface area (Å²) in [6, 6.07) is 9.56. The lowest BCUT2D eigenvalue weighted by molar-refractivity contribution is -0.140. The fraction of sp³-hybridized carbons (Fsp3) is 0.318. The molecule has 0 spiro atoms. The van der Waals surface area contributed by atoms with E-state index in [0.29, 0.717) is 32.0 Å². The van der Waals surface area contributed by atoms with E-state index in [-0.39, 0.29) is 16.9 Å². The molecule has 1 aromatic carbocycles. The predicted molar refractivity (Wildman–Crippen MR) is 107 cm³/mol. The van der Waals surface area contributed by atoms with Crippen molar-refractivity contribution in [3.8, 4) is 0 Å². The number of benzene rings is 1. The lowest BCUT2D eigenvalue weighted by Crippen LogP contribution is -2.42. The number of ketones is 1. The van der Waals surface area contributed by atoms with Crippen LogP contribution < -0.4 is 0 Å². The Balaban J connectivity index is 1.71. The van der Waals surface area contributed by atoms with Gasteiger partial charge in [0.1, 0.15) is 17.6 Å². The molecule has 0 radical (unpaired) electrons. The van der Waals surface area contributed by atoms with E-state index in [2.05, 4.69) is 9.88 Å². The molecule has 2 aliphatic rings. The summed E-state index contributed by atoms with van der Waals surface area (Å²) < 4.78 is 18.6. The molecule has 0 saturated carbocycles. The minimum atomic E-state index is -0.808.